The third-order valence-corrected chi connectivity index (χ3v) is 3.52. The minimum Gasteiger partial charge on any atom is -0.351 e. The summed E-state index contributed by atoms with van der Waals surface area (Å²) in [5, 5.41) is 2.91. The number of fused-ring (bicyclic) bond motifs is 1. The van der Waals surface area contributed by atoms with Crippen LogP contribution in [0, 0.1) is 5.82 Å². The van der Waals surface area contributed by atoms with Crippen LogP contribution in [0.25, 0.3) is 5.65 Å². The Balaban J connectivity index is 2.15. The van der Waals surface area contributed by atoms with E-state index in [1.165, 1.54) is 29.5 Å². The highest BCUT2D eigenvalue weighted by atomic mass is 19.1. The fraction of sp³-hybridized carbons (Fsp3) is 0.500. The van der Waals surface area contributed by atoms with Gasteiger partial charge < -0.3 is 5.32 Å². The topological polar surface area (TPSA) is 46.4 Å². The van der Waals surface area contributed by atoms with Crippen molar-refractivity contribution in [2.75, 3.05) is 6.54 Å². The second-order valence-electron chi connectivity index (χ2n) is 5.15. The van der Waals surface area contributed by atoms with E-state index in [0.717, 1.165) is 12.8 Å². The molecule has 0 saturated carbocycles. The molecule has 2 rings (SSSR count). The molecule has 5 heteroatoms. The molecular weight excluding hydrogens is 269 g/mol. The first-order chi connectivity index (χ1) is 10.2. The van der Waals surface area contributed by atoms with Gasteiger partial charge in [0.05, 0.1) is 5.69 Å². The summed E-state index contributed by atoms with van der Waals surface area (Å²) in [6, 6.07) is 2.95. The lowest BCUT2D eigenvalue weighted by molar-refractivity contribution is 0.0946. The van der Waals surface area contributed by atoms with E-state index in [1.54, 1.807) is 6.07 Å². The van der Waals surface area contributed by atoms with E-state index < -0.39 is 0 Å². The summed E-state index contributed by atoms with van der Waals surface area (Å²) < 4.78 is 14.9. The van der Waals surface area contributed by atoms with Crippen LogP contribution in [0.5, 0.6) is 0 Å². The number of nitrogens with one attached hydrogen (secondary N) is 1. The predicted octanol–water partition coefficient (Wildman–Crippen LogP) is 3.35. The van der Waals surface area contributed by atoms with Crippen LogP contribution in [0.4, 0.5) is 4.39 Å². The highest BCUT2D eigenvalue weighted by Crippen LogP contribution is 2.14. The Bertz CT molecular complexity index is 621. The van der Waals surface area contributed by atoms with E-state index in [2.05, 4.69) is 17.2 Å². The van der Waals surface area contributed by atoms with Crippen molar-refractivity contribution in [2.24, 2.45) is 0 Å². The van der Waals surface area contributed by atoms with Crippen molar-refractivity contribution >= 4 is 11.6 Å². The maximum absolute atomic E-state index is 13.4. The first-order valence-electron chi connectivity index (χ1n) is 7.62. The number of halogens is 1. The van der Waals surface area contributed by atoms with Gasteiger partial charge in [0.25, 0.3) is 5.91 Å². The van der Waals surface area contributed by atoms with Crippen LogP contribution in [-0.4, -0.2) is 21.8 Å². The van der Waals surface area contributed by atoms with Crippen molar-refractivity contribution in [3.8, 4) is 0 Å². The van der Waals surface area contributed by atoms with Crippen molar-refractivity contribution in [3.05, 3.63) is 35.5 Å². The molecule has 2 aromatic heterocycles. The number of hydrogen-bond donors (Lipinski definition) is 1. The van der Waals surface area contributed by atoms with Gasteiger partial charge in [-0.15, -0.1) is 0 Å². The van der Waals surface area contributed by atoms with E-state index in [-0.39, 0.29) is 11.7 Å². The van der Waals surface area contributed by atoms with Crippen LogP contribution in [0.1, 0.15) is 55.7 Å². The molecule has 0 aliphatic carbocycles. The monoisotopic (exact) mass is 291 g/mol. The van der Waals surface area contributed by atoms with Crippen LogP contribution in [0.3, 0.4) is 0 Å². The van der Waals surface area contributed by atoms with Gasteiger partial charge >= 0.3 is 0 Å². The zero-order chi connectivity index (χ0) is 15.2. The summed E-state index contributed by atoms with van der Waals surface area (Å²) in [5.74, 6) is -0.555. The van der Waals surface area contributed by atoms with Gasteiger partial charge in [-0.2, -0.15) is 0 Å². The van der Waals surface area contributed by atoms with Crippen molar-refractivity contribution in [1.82, 2.24) is 14.7 Å². The first kappa shape index (κ1) is 15.5. The molecule has 0 atom stereocenters. The number of rotatable bonds is 7. The zero-order valence-electron chi connectivity index (χ0n) is 12.7. The molecule has 0 unspecified atom stereocenters. The number of aryl methyl sites for hydroxylation is 1. The molecule has 0 radical (unpaired) electrons. The number of nitrogens with zero attached hydrogens (tertiary/aromatic N) is 2. The summed E-state index contributed by atoms with van der Waals surface area (Å²) >= 11 is 0. The maximum atomic E-state index is 13.4. The summed E-state index contributed by atoms with van der Waals surface area (Å²) in [5.41, 5.74) is 1.75. The number of amides is 1. The number of aromatic nitrogens is 2. The molecule has 0 fully saturated rings. The quantitative estimate of drug-likeness (QED) is 0.795. The lowest BCUT2D eigenvalue weighted by Gasteiger charge is -2.06. The van der Waals surface area contributed by atoms with Crippen LogP contribution < -0.4 is 5.32 Å². The predicted molar refractivity (Wildman–Crippen MR) is 81.0 cm³/mol. The van der Waals surface area contributed by atoms with E-state index in [9.17, 15) is 9.18 Å². The summed E-state index contributed by atoms with van der Waals surface area (Å²) in [6.45, 7) is 4.74. The normalized spacial score (nSPS) is 11.0. The van der Waals surface area contributed by atoms with E-state index >= 15 is 0 Å². The van der Waals surface area contributed by atoms with Crippen LogP contribution in [0.15, 0.2) is 18.3 Å². The van der Waals surface area contributed by atoms with Gasteiger partial charge in [-0.05, 0) is 25.0 Å². The summed E-state index contributed by atoms with van der Waals surface area (Å²) in [4.78, 5) is 16.7. The molecule has 0 aromatic carbocycles. The summed E-state index contributed by atoms with van der Waals surface area (Å²) in [7, 11) is 0. The minimum absolute atomic E-state index is 0.179. The number of carbonyl (C=O) groups excluding carboxylic acids is 1. The highest BCUT2D eigenvalue weighted by Gasteiger charge is 2.18. The van der Waals surface area contributed by atoms with Gasteiger partial charge in [0.15, 0.2) is 0 Å². The molecule has 2 heterocycles. The second kappa shape index (κ2) is 7.20. The standard InChI is InChI=1S/C16H22FN3O/c1-3-5-6-7-10-18-16(21)15-13(4-2)19-14-9-8-12(17)11-20(14)15/h8-9,11H,3-7,10H2,1-2H3,(H,18,21). The number of unbranched alkanes of at least 4 members (excludes halogenated alkanes) is 3. The molecule has 21 heavy (non-hydrogen) atoms. The highest BCUT2D eigenvalue weighted by molar-refractivity contribution is 5.94. The van der Waals surface area contributed by atoms with Crippen LogP contribution in [-0.2, 0) is 6.42 Å². The molecule has 1 amide bonds. The molecule has 1 N–H and O–H groups in total. The smallest absolute Gasteiger partial charge is 0.270 e. The van der Waals surface area contributed by atoms with Crippen LogP contribution >= 0.6 is 0 Å². The van der Waals surface area contributed by atoms with Gasteiger partial charge in [-0.3, -0.25) is 9.20 Å². The lowest BCUT2D eigenvalue weighted by Crippen LogP contribution is -2.26. The number of imidazole rings is 1. The van der Waals surface area contributed by atoms with Crippen molar-refractivity contribution in [3.63, 3.8) is 0 Å². The van der Waals surface area contributed by atoms with Gasteiger partial charge in [-0.25, -0.2) is 9.37 Å². The molecule has 0 bridgehead atoms. The Kier molecular flexibility index (Phi) is 5.31. The van der Waals surface area contributed by atoms with Gasteiger partial charge in [-0.1, -0.05) is 33.1 Å². The average molecular weight is 291 g/mol. The average Bonchev–Trinajstić information content (AvgIpc) is 2.84. The largest absolute Gasteiger partial charge is 0.351 e. The lowest BCUT2D eigenvalue weighted by atomic mass is 10.2. The molecule has 4 nitrogen and oxygen atoms in total. The maximum Gasteiger partial charge on any atom is 0.270 e. The van der Waals surface area contributed by atoms with Crippen molar-refractivity contribution < 1.29 is 9.18 Å². The number of pyridine rings is 1. The van der Waals surface area contributed by atoms with Crippen molar-refractivity contribution in [1.29, 1.82) is 0 Å². The zero-order valence-corrected chi connectivity index (χ0v) is 12.7. The molecular formula is C16H22FN3O. The number of hydrogen-bond acceptors (Lipinski definition) is 2. The fourth-order valence-electron chi connectivity index (χ4n) is 2.39. The SMILES string of the molecule is CCCCCCNC(=O)c1c(CC)nc2ccc(F)cn12. The molecule has 0 saturated heterocycles. The minimum atomic E-state index is -0.375. The Morgan fingerprint density at radius 3 is 2.81 bits per heavy atom. The Hall–Kier alpha value is -1.91. The molecule has 0 aliphatic rings. The van der Waals surface area contributed by atoms with E-state index in [0.29, 0.717) is 30.0 Å². The van der Waals surface area contributed by atoms with Gasteiger partial charge in [0.2, 0.25) is 0 Å². The third-order valence-electron chi connectivity index (χ3n) is 3.52. The molecule has 0 spiro atoms. The Morgan fingerprint density at radius 1 is 1.29 bits per heavy atom. The first-order valence-corrected chi connectivity index (χ1v) is 7.62. The van der Waals surface area contributed by atoms with Crippen LogP contribution in [0.2, 0.25) is 0 Å². The van der Waals surface area contributed by atoms with E-state index in [1.807, 2.05) is 6.92 Å². The Morgan fingerprint density at radius 2 is 2.10 bits per heavy atom. The molecule has 114 valence electrons. The molecule has 0 aliphatic heterocycles. The third kappa shape index (κ3) is 3.60. The van der Waals surface area contributed by atoms with Gasteiger partial charge in [0, 0.05) is 12.7 Å². The second-order valence-corrected chi connectivity index (χ2v) is 5.15. The van der Waals surface area contributed by atoms with Crippen molar-refractivity contribution in [2.45, 2.75) is 46.0 Å². The van der Waals surface area contributed by atoms with Gasteiger partial charge in [0.1, 0.15) is 17.2 Å². The summed E-state index contributed by atoms with van der Waals surface area (Å²) in [6.07, 6.45) is 6.37. The molecule has 2 aromatic rings. The fourth-order valence-corrected chi connectivity index (χ4v) is 2.39. The number of carbonyl (C=O) groups is 1. The Labute approximate surface area is 124 Å². The van der Waals surface area contributed by atoms with E-state index in [4.69, 9.17) is 0 Å².